The van der Waals surface area contributed by atoms with Crippen LogP contribution in [-0.2, 0) is 4.79 Å². The van der Waals surface area contributed by atoms with E-state index in [-0.39, 0.29) is 11.4 Å². The van der Waals surface area contributed by atoms with Crippen LogP contribution in [0.4, 0.5) is 5.69 Å². The first-order valence-corrected chi connectivity index (χ1v) is 9.20. The molecule has 1 unspecified atom stereocenters. The Hall–Kier alpha value is -2.31. The monoisotopic (exact) mass is 390 g/mol. The van der Waals surface area contributed by atoms with Crippen molar-refractivity contribution in [2.24, 2.45) is 0 Å². The highest BCUT2D eigenvalue weighted by Crippen LogP contribution is 2.33. The first kappa shape index (κ1) is 18.5. The van der Waals surface area contributed by atoms with Gasteiger partial charge in [0.05, 0.1) is 19.1 Å². The number of aryl methyl sites for hydroxylation is 1. The van der Waals surface area contributed by atoms with Gasteiger partial charge >= 0.3 is 0 Å². The van der Waals surface area contributed by atoms with E-state index in [1.165, 1.54) is 11.8 Å². The molecule has 2 N–H and O–H groups in total. The van der Waals surface area contributed by atoms with Crippen molar-refractivity contribution >= 4 is 41.0 Å². The summed E-state index contributed by atoms with van der Waals surface area (Å²) in [5.74, 6) is 1.14. The summed E-state index contributed by atoms with van der Waals surface area (Å²) >= 11 is 7.47. The number of nitrogens with one attached hydrogen (secondary N) is 2. The molecule has 1 saturated heterocycles. The average molecular weight is 391 g/mol. The molecule has 0 saturated carbocycles. The van der Waals surface area contributed by atoms with Crippen LogP contribution in [0.15, 0.2) is 41.3 Å². The van der Waals surface area contributed by atoms with E-state index in [0.29, 0.717) is 21.4 Å². The predicted octanol–water partition coefficient (Wildman–Crippen LogP) is 4.27. The normalized spacial score (nSPS) is 17.9. The third kappa shape index (κ3) is 4.08. The van der Waals surface area contributed by atoms with Gasteiger partial charge in [-0.2, -0.15) is 0 Å². The molecular weight excluding hydrogens is 372 g/mol. The van der Waals surface area contributed by atoms with Crippen molar-refractivity contribution < 1.29 is 14.3 Å². The van der Waals surface area contributed by atoms with Gasteiger partial charge in [-0.05, 0) is 48.4 Å². The van der Waals surface area contributed by atoms with E-state index >= 15 is 0 Å². The minimum Gasteiger partial charge on any atom is -0.493 e. The second kappa shape index (κ2) is 7.93. The highest BCUT2D eigenvalue weighted by molar-refractivity contribution is 8.05. The van der Waals surface area contributed by atoms with E-state index in [1.54, 1.807) is 14.2 Å². The van der Waals surface area contributed by atoms with Gasteiger partial charge in [-0.25, -0.2) is 0 Å². The number of hydrogen-bond acceptors (Lipinski definition) is 5. The Labute approximate surface area is 161 Å². The summed E-state index contributed by atoms with van der Waals surface area (Å²) in [6, 6.07) is 11.1. The van der Waals surface area contributed by atoms with E-state index in [2.05, 4.69) is 10.6 Å². The average Bonchev–Trinajstić information content (AvgIpc) is 2.97. The van der Waals surface area contributed by atoms with Gasteiger partial charge in [-0.1, -0.05) is 35.5 Å². The number of ether oxygens (including phenoxy) is 2. The fraction of sp³-hybridized carbons (Fsp3) is 0.211. The number of rotatable bonds is 5. The molecule has 3 rings (SSSR count). The van der Waals surface area contributed by atoms with Crippen LogP contribution in [0.1, 0.15) is 11.1 Å². The van der Waals surface area contributed by atoms with Crippen LogP contribution in [0.2, 0.25) is 5.02 Å². The standard InChI is InChI=1S/C19H19ClN2O3S/c1-11-4-6-13(20)10-14(11)21-19-22-18(23)17(26-19)9-12-5-7-15(24-2)16(8-12)25-3/h4-10,19,21H,1-3H3,(H,22,23)/b17-9-. The third-order valence-corrected chi connectivity index (χ3v) is 5.19. The first-order chi connectivity index (χ1) is 12.5. The predicted molar refractivity (Wildman–Crippen MR) is 107 cm³/mol. The minimum atomic E-state index is -0.258. The summed E-state index contributed by atoms with van der Waals surface area (Å²) in [5.41, 5.74) is 2.55. The van der Waals surface area contributed by atoms with Crippen LogP contribution in [0, 0.1) is 6.92 Å². The lowest BCUT2D eigenvalue weighted by Gasteiger charge is -2.15. The highest BCUT2D eigenvalue weighted by atomic mass is 35.5. The molecule has 1 aliphatic heterocycles. The summed E-state index contributed by atoms with van der Waals surface area (Å²) in [4.78, 5) is 12.9. The van der Waals surface area contributed by atoms with E-state index in [9.17, 15) is 4.79 Å². The van der Waals surface area contributed by atoms with Crippen molar-refractivity contribution in [2.45, 2.75) is 12.4 Å². The largest absolute Gasteiger partial charge is 0.493 e. The maximum absolute atomic E-state index is 12.3. The molecule has 136 valence electrons. The van der Waals surface area contributed by atoms with Crippen molar-refractivity contribution in [3.63, 3.8) is 0 Å². The molecule has 0 spiro atoms. The molecule has 0 aliphatic carbocycles. The molecule has 0 aromatic heterocycles. The van der Waals surface area contributed by atoms with E-state index in [4.69, 9.17) is 21.1 Å². The summed E-state index contributed by atoms with van der Waals surface area (Å²) in [6.45, 7) is 1.99. The topological polar surface area (TPSA) is 59.6 Å². The maximum Gasteiger partial charge on any atom is 0.260 e. The van der Waals surface area contributed by atoms with Crippen molar-refractivity contribution in [2.75, 3.05) is 19.5 Å². The van der Waals surface area contributed by atoms with Crippen molar-refractivity contribution in [1.29, 1.82) is 0 Å². The lowest BCUT2D eigenvalue weighted by molar-refractivity contribution is -0.116. The first-order valence-electron chi connectivity index (χ1n) is 7.94. The van der Waals surface area contributed by atoms with Crippen LogP contribution in [0.25, 0.3) is 6.08 Å². The van der Waals surface area contributed by atoms with E-state index in [0.717, 1.165) is 16.8 Å². The highest BCUT2D eigenvalue weighted by Gasteiger charge is 2.27. The molecule has 0 radical (unpaired) electrons. The molecular formula is C19H19ClN2O3S. The summed E-state index contributed by atoms with van der Waals surface area (Å²) in [7, 11) is 3.17. The van der Waals surface area contributed by atoms with Crippen molar-refractivity contribution in [3.05, 3.63) is 57.5 Å². The van der Waals surface area contributed by atoms with Crippen LogP contribution >= 0.6 is 23.4 Å². The molecule has 2 aromatic rings. The maximum atomic E-state index is 12.3. The molecule has 1 atom stereocenters. The number of thioether (sulfide) groups is 1. The Bertz CT molecular complexity index is 870. The molecule has 1 heterocycles. The number of amides is 1. The molecule has 0 bridgehead atoms. The lowest BCUT2D eigenvalue weighted by atomic mass is 10.2. The molecule has 26 heavy (non-hydrogen) atoms. The van der Waals surface area contributed by atoms with Gasteiger partial charge in [-0.3, -0.25) is 4.79 Å². The van der Waals surface area contributed by atoms with Gasteiger partial charge in [0.15, 0.2) is 17.0 Å². The summed E-state index contributed by atoms with van der Waals surface area (Å²) in [6.07, 6.45) is 1.83. The Morgan fingerprint density at radius 2 is 1.92 bits per heavy atom. The zero-order chi connectivity index (χ0) is 18.7. The number of hydrogen-bond donors (Lipinski definition) is 2. The molecule has 2 aromatic carbocycles. The van der Waals surface area contributed by atoms with Crippen LogP contribution in [0.3, 0.4) is 0 Å². The van der Waals surface area contributed by atoms with Gasteiger partial charge < -0.3 is 20.1 Å². The van der Waals surface area contributed by atoms with E-state index < -0.39 is 0 Å². The number of carbonyl (C=O) groups excluding carboxylic acids is 1. The fourth-order valence-electron chi connectivity index (χ4n) is 2.55. The molecule has 1 fully saturated rings. The van der Waals surface area contributed by atoms with E-state index in [1.807, 2.05) is 49.4 Å². The Morgan fingerprint density at radius 1 is 1.15 bits per heavy atom. The summed E-state index contributed by atoms with van der Waals surface area (Å²) in [5, 5.41) is 6.86. The van der Waals surface area contributed by atoms with Gasteiger partial charge in [0.1, 0.15) is 0 Å². The molecule has 1 amide bonds. The Balaban J connectivity index is 1.77. The van der Waals surface area contributed by atoms with Gasteiger partial charge in [0.2, 0.25) is 0 Å². The number of anilines is 1. The molecule has 7 heteroatoms. The number of carbonyl (C=O) groups is 1. The Morgan fingerprint density at radius 3 is 2.65 bits per heavy atom. The third-order valence-electron chi connectivity index (χ3n) is 3.92. The molecule has 1 aliphatic rings. The second-order valence-corrected chi connectivity index (χ2v) is 7.28. The van der Waals surface area contributed by atoms with Gasteiger partial charge in [-0.15, -0.1) is 0 Å². The quantitative estimate of drug-likeness (QED) is 0.747. The van der Waals surface area contributed by atoms with Crippen molar-refractivity contribution in [1.82, 2.24) is 5.32 Å². The van der Waals surface area contributed by atoms with Crippen LogP contribution in [0.5, 0.6) is 11.5 Å². The second-order valence-electron chi connectivity index (χ2n) is 5.70. The smallest absolute Gasteiger partial charge is 0.260 e. The summed E-state index contributed by atoms with van der Waals surface area (Å²) < 4.78 is 10.5. The zero-order valence-corrected chi connectivity index (χ0v) is 16.2. The van der Waals surface area contributed by atoms with Gasteiger partial charge in [0.25, 0.3) is 5.91 Å². The SMILES string of the molecule is COc1ccc(/C=C2\SC(Nc3cc(Cl)ccc3C)NC2=O)cc1OC. The number of benzene rings is 2. The molecule has 5 nitrogen and oxygen atoms in total. The van der Waals surface area contributed by atoms with Gasteiger partial charge in [0, 0.05) is 10.7 Å². The number of halogens is 1. The lowest BCUT2D eigenvalue weighted by Crippen LogP contribution is -2.31. The minimum absolute atomic E-state index is 0.123. The van der Waals surface area contributed by atoms with Crippen molar-refractivity contribution in [3.8, 4) is 11.5 Å². The fourth-order valence-corrected chi connectivity index (χ4v) is 3.70. The van der Waals surface area contributed by atoms with Crippen LogP contribution < -0.4 is 20.1 Å². The zero-order valence-electron chi connectivity index (χ0n) is 14.6. The van der Waals surface area contributed by atoms with Crippen LogP contribution in [-0.4, -0.2) is 25.6 Å². The Kier molecular flexibility index (Phi) is 5.64. The number of methoxy groups -OCH3 is 2.